The SMILES string of the molecule is NNC(=O)O.c1ccc2[nH]cnc2c1. The Kier molecular flexibility index (Phi) is 3.45. The van der Waals surface area contributed by atoms with Crippen LogP contribution < -0.4 is 11.3 Å². The van der Waals surface area contributed by atoms with Gasteiger partial charge in [0.05, 0.1) is 17.4 Å². The number of aromatic amines is 1. The van der Waals surface area contributed by atoms with Gasteiger partial charge in [-0.05, 0) is 12.1 Å². The summed E-state index contributed by atoms with van der Waals surface area (Å²) >= 11 is 0. The summed E-state index contributed by atoms with van der Waals surface area (Å²) in [4.78, 5) is 16.2. The van der Waals surface area contributed by atoms with Crippen molar-refractivity contribution in [1.29, 1.82) is 0 Å². The molecule has 0 saturated carbocycles. The van der Waals surface area contributed by atoms with E-state index < -0.39 is 6.09 Å². The molecule has 1 heterocycles. The van der Waals surface area contributed by atoms with Gasteiger partial charge in [0, 0.05) is 0 Å². The highest BCUT2D eigenvalue weighted by Crippen LogP contribution is 2.05. The van der Waals surface area contributed by atoms with Gasteiger partial charge in [-0.25, -0.2) is 15.6 Å². The second-order valence-corrected chi connectivity index (χ2v) is 2.37. The van der Waals surface area contributed by atoms with Crippen LogP contribution in [-0.2, 0) is 0 Å². The smallest absolute Gasteiger partial charge is 0.418 e. The monoisotopic (exact) mass is 194 g/mol. The van der Waals surface area contributed by atoms with Crippen molar-refractivity contribution in [1.82, 2.24) is 15.4 Å². The van der Waals surface area contributed by atoms with Crippen molar-refractivity contribution < 1.29 is 9.90 Å². The molecule has 6 nitrogen and oxygen atoms in total. The van der Waals surface area contributed by atoms with Crippen LogP contribution in [0.3, 0.4) is 0 Å². The number of hydrogen-bond donors (Lipinski definition) is 4. The van der Waals surface area contributed by atoms with Crippen molar-refractivity contribution in [3.05, 3.63) is 30.6 Å². The summed E-state index contributed by atoms with van der Waals surface area (Å²) in [6, 6.07) is 7.94. The number of hydrogen-bond acceptors (Lipinski definition) is 3. The number of rotatable bonds is 0. The van der Waals surface area contributed by atoms with Gasteiger partial charge >= 0.3 is 6.09 Å². The molecule has 0 spiro atoms. The van der Waals surface area contributed by atoms with Crippen molar-refractivity contribution >= 4 is 17.1 Å². The van der Waals surface area contributed by atoms with Crippen LogP contribution in [0.15, 0.2) is 30.6 Å². The molecule has 0 atom stereocenters. The summed E-state index contributed by atoms with van der Waals surface area (Å²) in [7, 11) is 0. The minimum absolute atomic E-state index is 1.03. The van der Waals surface area contributed by atoms with Crippen molar-refractivity contribution in [3.8, 4) is 0 Å². The van der Waals surface area contributed by atoms with E-state index in [0.29, 0.717) is 0 Å². The molecule has 74 valence electrons. The van der Waals surface area contributed by atoms with Gasteiger partial charge in [-0.2, -0.15) is 0 Å². The second-order valence-electron chi connectivity index (χ2n) is 2.37. The highest BCUT2D eigenvalue weighted by atomic mass is 16.4. The van der Waals surface area contributed by atoms with E-state index in [1.807, 2.05) is 24.3 Å². The summed E-state index contributed by atoms with van der Waals surface area (Å²) in [6.45, 7) is 0. The van der Waals surface area contributed by atoms with Gasteiger partial charge in [0.2, 0.25) is 0 Å². The standard InChI is InChI=1S/C7H6N2.CH4N2O2/c1-2-4-7-6(3-1)8-5-9-7;2-3-1(4)5/h1-5H,(H,8,9);3H,2H2,(H,4,5). The lowest BCUT2D eigenvalue weighted by molar-refractivity contribution is 0.194. The van der Waals surface area contributed by atoms with Crippen LogP contribution in [0.2, 0.25) is 0 Å². The van der Waals surface area contributed by atoms with Crippen LogP contribution in [0.5, 0.6) is 0 Å². The van der Waals surface area contributed by atoms with E-state index in [1.165, 1.54) is 5.43 Å². The largest absolute Gasteiger partial charge is 0.464 e. The molecule has 0 radical (unpaired) electrons. The number of nitrogens with zero attached hydrogens (tertiary/aromatic N) is 1. The Hall–Kier alpha value is -2.08. The first kappa shape index (κ1) is 10.0. The molecule has 1 aromatic heterocycles. The lowest BCUT2D eigenvalue weighted by atomic mass is 10.3. The van der Waals surface area contributed by atoms with E-state index >= 15 is 0 Å². The maximum absolute atomic E-state index is 9.13. The Morgan fingerprint density at radius 1 is 1.50 bits per heavy atom. The Morgan fingerprint density at radius 3 is 2.71 bits per heavy atom. The van der Waals surface area contributed by atoms with Crippen molar-refractivity contribution in [2.24, 2.45) is 5.84 Å². The molecule has 0 unspecified atom stereocenters. The van der Waals surface area contributed by atoms with Gasteiger partial charge in [0.15, 0.2) is 0 Å². The van der Waals surface area contributed by atoms with Crippen LogP contribution in [0.25, 0.3) is 11.0 Å². The van der Waals surface area contributed by atoms with Crippen LogP contribution in [0.1, 0.15) is 0 Å². The molecule has 2 aromatic rings. The number of nitrogens with one attached hydrogen (secondary N) is 2. The van der Waals surface area contributed by atoms with Gasteiger partial charge in [0.25, 0.3) is 0 Å². The molecule has 6 heteroatoms. The molecule has 0 bridgehead atoms. The van der Waals surface area contributed by atoms with E-state index in [-0.39, 0.29) is 0 Å². The minimum Gasteiger partial charge on any atom is -0.464 e. The topological polar surface area (TPSA) is 104 Å². The molecule has 0 fully saturated rings. The fraction of sp³-hybridized carbons (Fsp3) is 0. The zero-order chi connectivity index (χ0) is 10.4. The Balaban J connectivity index is 0.000000171. The van der Waals surface area contributed by atoms with E-state index in [1.54, 1.807) is 6.33 Å². The Morgan fingerprint density at radius 2 is 2.14 bits per heavy atom. The van der Waals surface area contributed by atoms with Gasteiger partial charge in [-0.15, -0.1) is 0 Å². The van der Waals surface area contributed by atoms with Gasteiger partial charge < -0.3 is 10.1 Å². The minimum atomic E-state index is -1.22. The normalized spacial score (nSPS) is 8.93. The first-order valence-electron chi connectivity index (χ1n) is 3.81. The summed E-state index contributed by atoms with van der Waals surface area (Å²) in [5.41, 5.74) is 3.56. The number of imidazole rings is 1. The average molecular weight is 194 g/mol. The maximum Gasteiger partial charge on any atom is 0.418 e. The maximum atomic E-state index is 9.13. The van der Waals surface area contributed by atoms with Crippen LogP contribution >= 0.6 is 0 Å². The zero-order valence-electron chi connectivity index (χ0n) is 7.27. The van der Waals surface area contributed by atoms with Crippen molar-refractivity contribution in [2.75, 3.05) is 0 Å². The van der Waals surface area contributed by atoms with Gasteiger partial charge in [-0.3, -0.25) is 5.43 Å². The third-order valence-corrected chi connectivity index (χ3v) is 1.45. The predicted octanol–water partition coefficient (Wildman–Crippen LogP) is 0.691. The number of hydrazine groups is 1. The molecule has 0 saturated heterocycles. The third-order valence-electron chi connectivity index (χ3n) is 1.45. The van der Waals surface area contributed by atoms with E-state index in [4.69, 9.17) is 9.90 Å². The number of benzene rings is 1. The number of carbonyl (C=O) groups is 1. The first-order valence-corrected chi connectivity index (χ1v) is 3.81. The number of carboxylic acid groups (broad SMARTS) is 1. The summed E-state index contributed by atoms with van der Waals surface area (Å²) in [5.74, 6) is 4.32. The third kappa shape index (κ3) is 2.76. The fourth-order valence-electron chi connectivity index (χ4n) is 0.880. The predicted molar refractivity (Wildman–Crippen MR) is 51.4 cm³/mol. The highest BCUT2D eigenvalue weighted by molar-refractivity contribution is 5.73. The van der Waals surface area contributed by atoms with E-state index in [2.05, 4.69) is 15.8 Å². The molecular formula is C8H10N4O2. The summed E-state index contributed by atoms with van der Waals surface area (Å²) < 4.78 is 0. The van der Waals surface area contributed by atoms with E-state index in [9.17, 15) is 0 Å². The number of amides is 1. The molecule has 1 amide bonds. The fourth-order valence-corrected chi connectivity index (χ4v) is 0.880. The number of H-pyrrole nitrogens is 1. The lowest BCUT2D eigenvalue weighted by Crippen LogP contribution is -2.27. The average Bonchev–Trinajstić information content (AvgIpc) is 2.66. The molecule has 0 aliphatic heterocycles. The molecule has 1 aromatic carbocycles. The number of para-hydroxylation sites is 2. The Bertz CT molecular complexity index is 382. The first-order chi connectivity index (χ1) is 6.74. The molecule has 2 rings (SSSR count). The van der Waals surface area contributed by atoms with Gasteiger partial charge in [-0.1, -0.05) is 12.1 Å². The summed E-state index contributed by atoms with van der Waals surface area (Å²) in [6.07, 6.45) is 0.481. The molecular weight excluding hydrogens is 184 g/mol. The quantitative estimate of drug-likeness (QED) is 0.281. The zero-order valence-corrected chi connectivity index (χ0v) is 7.27. The number of aromatic nitrogens is 2. The van der Waals surface area contributed by atoms with Gasteiger partial charge in [0.1, 0.15) is 0 Å². The van der Waals surface area contributed by atoms with Crippen LogP contribution in [0.4, 0.5) is 4.79 Å². The van der Waals surface area contributed by atoms with Crippen LogP contribution in [0, 0.1) is 0 Å². The van der Waals surface area contributed by atoms with Crippen molar-refractivity contribution in [2.45, 2.75) is 0 Å². The number of fused-ring (bicyclic) bond motifs is 1. The lowest BCUT2D eigenvalue weighted by Gasteiger charge is -1.81. The molecule has 5 N–H and O–H groups in total. The highest BCUT2D eigenvalue weighted by Gasteiger charge is 1.88. The summed E-state index contributed by atoms with van der Waals surface area (Å²) in [5, 5.41) is 7.49. The van der Waals surface area contributed by atoms with Crippen molar-refractivity contribution in [3.63, 3.8) is 0 Å². The molecule has 14 heavy (non-hydrogen) atoms. The second kappa shape index (κ2) is 4.83. The molecule has 0 aliphatic carbocycles. The van der Waals surface area contributed by atoms with E-state index in [0.717, 1.165) is 11.0 Å². The molecule has 0 aliphatic rings. The van der Waals surface area contributed by atoms with Crippen LogP contribution in [-0.4, -0.2) is 21.2 Å². The number of nitrogens with two attached hydrogens (primary N) is 1. The Labute approximate surface area is 79.7 Å².